The molecule has 2 nitrogen and oxygen atoms in total. The minimum absolute atomic E-state index is 0.345. The number of methoxy groups -OCH3 is 1. The molecule has 0 saturated carbocycles. The average molecular weight is 332 g/mol. The van der Waals surface area contributed by atoms with Crippen molar-refractivity contribution in [3.8, 4) is 5.75 Å². The first-order chi connectivity index (χ1) is 9.52. The van der Waals surface area contributed by atoms with E-state index in [-0.39, 0.29) is 0 Å². The van der Waals surface area contributed by atoms with Gasteiger partial charge in [0.05, 0.1) is 23.3 Å². The molecule has 0 aliphatic heterocycles. The minimum atomic E-state index is -0.752. The van der Waals surface area contributed by atoms with Gasteiger partial charge in [0.15, 0.2) is 0 Å². The molecular weight excluding hydrogens is 319 g/mol. The number of aliphatic hydroxyl groups excluding tert-OH is 1. The molecule has 1 unspecified atom stereocenters. The lowest BCUT2D eigenvalue weighted by molar-refractivity contribution is 0.174. The fraction of sp³-hybridized carbons (Fsp3) is 0.200. The summed E-state index contributed by atoms with van der Waals surface area (Å²) in [5, 5.41) is 11.9. The molecule has 2 aromatic rings. The molecule has 1 N–H and O–H groups in total. The number of rotatable bonds is 4. The van der Waals surface area contributed by atoms with Gasteiger partial charge in [-0.15, -0.1) is 0 Å². The highest BCUT2D eigenvalue weighted by Gasteiger charge is 2.16. The second-order valence-corrected chi connectivity index (χ2v) is 5.54. The van der Waals surface area contributed by atoms with Gasteiger partial charge in [0, 0.05) is 17.0 Å². The topological polar surface area (TPSA) is 29.5 Å². The first kappa shape index (κ1) is 15.5. The number of halogens is 3. The lowest BCUT2D eigenvalue weighted by atomic mass is 10.0. The maximum absolute atomic E-state index is 10.4. The van der Waals surface area contributed by atoms with Crippen molar-refractivity contribution in [2.24, 2.45) is 0 Å². The quantitative estimate of drug-likeness (QED) is 0.860. The molecule has 0 aliphatic carbocycles. The molecule has 0 spiro atoms. The van der Waals surface area contributed by atoms with E-state index in [2.05, 4.69) is 0 Å². The SMILES string of the molecule is COc1cc(Cl)ccc1C(O)Cc1cccc(Cl)c1Cl. The Labute approximate surface area is 132 Å². The number of ether oxygens (including phenoxy) is 1. The maximum atomic E-state index is 10.4. The summed E-state index contributed by atoms with van der Waals surface area (Å²) in [5.41, 5.74) is 1.44. The van der Waals surface area contributed by atoms with E-state index in [9.17, 15) is 5.11 Å². The van der Waals surface area contributed by atoms with Crippen LogP contribution in [0.25, 0.3) is 0 Å². The van der Waals surface area contributed by atoms with E-state index in [4.69, 9.17) is 39.5 Å². The van der Waals surface area contributed by atoms with E-state index in [0.717, 1.165) is 5.56 Å². The highest BCUT2D eigenvalue weighted by molar-refractivity contribution is 6.42. The predicted octanol–water partition coefficient (Wildman–Crippen LogP) is 4.93. The van der Waals surface area contributed by atoms with E-state index >= 15 is 0 Å². The van der Waals surface area contributed by atoms with Crippen LogP contribution in [0, 0.1) is 0 Å². The third kappa shape index (κ3) is 3.39. The van der Waals surface area contributed by atoms with Crippen molar-refractivity contribution in [2.75, 3.05) is 7.11 Å². The Morgan fingerprint density at radius 2 is 1.90 bits per heavy atom. The summed E-state index contributed by atoms with van der Waals surface area (Å²) in [4.78, 5) is 0. The maximum Gasteiger partial charge on any atom is 0.126 e. The van der Waals surface area contributed by atoms with Gasteiger partial charge in [-0.25, -0.2) is 0 Å². The molecule has 0 saturated heterocycles. The van der Waals surface area contributed by atoms with Gasteiger partial charge in [-0.05, 0) is 23.8 Å². The molecule has 0 fully saturated rings. The average Bonchev–Trinajstić information content (AvgIpc) is 2.43. The van der Waals surface area contributed by atoms with Crippen molar-refractivity contribution < 1.29 is 9.84 Å². The van der Waals surface area contributed by atoms with Gasteiger partial charge in [-0.1, -0.05) is 53.0 Å². The zero-order valence-electron chi connectivity index (χ0n) is 10.7. The van der Waals surface area contributed by atoms with E-state index in [1.807, 2.05) is 6.07 Å². The lowest BCUT2D eigenvalue weighted by Gasteiger charge is -2.16. The molecule has 2 rings (SSSR count). The summed E-state index contributed by atoms with van der Waals surface area (Å²) >= 11 is 18.0. The number of hydrogen-bond donors (Lipinski definition) is 1. The van der Waals surface area contributed by atoms with Crippen LogP contribution in [0.4, 0.5) is 0 Å². The van der Waals surface area contributed by atoms with Gasteiger partial charge < -0.3 is 9.84 Å². The first-order valence-corrected chi connectivity index (χ1v) is 7.10. The van der Waals surface area contributed by atoms with Crippen LogP contribution in [0.3, 0.4) is 0 Å². The Hall–Kier alpha value is -0.930. The molecule has 0 amide bonds. The van der Waals surface area contributed by atoms with Crippen molar-refractivity contribution in [3.63, 3.8) is 0 Å². The summed E-state index contributed by atoms with van der Waals surface area (Å²) in [5.74, 6) is 0.545. The molecule has 1 atom stereocenters. The zero-order valence-corrected chi connectivity index (χ0v) is 13.0. The Bertz CT molecular complexity index is 614. The van der Waals surface area contributed by atoms with Gasteiger partial charge in [0.1, 0.15) is 5.75 Å². The third-order valence-corrected chi connectivity index (χ3v) is 4.09. The molecule has 2 aromatic carbocycles. The molecule has 106 valence electrons. The van der Waals surface area contributed by atoms with Crippen molar-refractivity contribution >= 4 is 34.8 Å². The smallest absolute Gasteiger partial charge is 0.126 e. The Morgan fingerprint density at radius 1 is 1.15 bits per heavy atom. The van der Waals surface area contributed by atoms with Gasteiger partial charge in [0.25, 0.3) is 0 Å². The number of benzene rings is 2. The fourth-order valence-corrected chi connectivity index (χ4v) is 2.54. The standard InChI is InChI=1S/C15H13Cl3O2/c1-20-14-8-10(16)5-6-11(14)13(19)7-9-3-2-4-12(17)15(9)18/h2-6,8,13,19H,7H2,1H3. The van der Waals surface area contributed by atoms with Crippen LogP contribution < -0.4 is 4.74 Å². The summed E-state index contributed by atoms with van der Waals surface area (Å²) in [6.07, 6.45) is -0.407. The van der Waals surface area contributed by atoms with Crippen LogP contribution in [0.1, 0.15) is 17.2 Å². The largest absolute Gasteiger partial charge is 0.496 e. The van der Waals surface area contributed by atoms with E-state index < -0.39 is 6.10 Å². The molecule has 0 aliphatic rings. The summed E-state index contributed by atoms with van der Waals surface area (Å²) in [7, 11) is 1.54. The molecular formula is C15H13Cl3O2. The van der Waals surface area contributed by atoms with E-state index in [1.54, 1.807) is 30.3 Å². The summed E-state index contributed by atoms with van der Waals surface area (Å²) in [6.45, 7) is 0. The van der Waals surface area contributed by atoms with Gasteiger partial charge in [-0.2, -0.15) is 0 Å². The Kier molecular flexibility index (Phi) is 5.17. The van der Waals surface area contributed by atoms with Crippen LogP contribution in [-0.4, -0.2) is 12.2 Å². The van der Waals surface area contributed by atoms with Crippen LogP contribution in [0.2, 0.25) is 15.1 Å². The predicted molar refractivity (Wildman–Crippen MR) is 83.1 cm³/mol. The lowest BCUT2D eigenvalue weighted by Crippen LogP contribution is -2.04. The van der Waals surface area contributed by atoms with Crippen LogP contribution in [-0.2, 0) is 6.42 Å². The van der Waals surface area contributed by atoms with E-state index in [0.29, 0.717) is 32.8 Å². The van der Waals surface area contributed by atoms with Crippen LogP contribution in [0.15, 0.2) is 36.4 Å². The van der Waals surface area contributed by atoms with Crippen molar-refractivity contribution in [1.82, 2.24) is 0 Å². The normalized spacial score (nSPS) is 12.2. The second kappa shape index (κ2) is 6.68. The van der Waals surface area contributed by atoms with Gasteiger partial charge in [0.2, 0.25) is 0 Å². The zero-order chi connectivity index (χ0) is 14.7. The third-order valence-electron chi connectivity index (χ3n) is 3.00. The second-order valence-electron chi connectivity index (χ2n) is 4.32. The highest BCUT2D eigenvalue weighted by Crippen LogP contribution is 2.33. The first-order valence-electron chi connectivity index (χ1n) is 5.97. The van der Waals surface area contributed by atoms with Gasteiger partial charge >= 0.3 is 0 Å². The summed E-state index contributed by atoms with van der Waals surface area (Å²) in [6, 6.07) is 10.5. The molecule has 0 heterocycles. The van der Waals surface area contributed by atoms with Crippen LogP contribution >= 0.6 is 34.8 Å². The van der Waals surface area contributed by atoms with Crippen molar-refractivity contribution in [1.29, 1.82) is 0 Å². The van der Waals surface area contributed by atoms with Crippen LogP contribution in [0.5, 0.6) is 5.75 Å². The van der Waals surface area contributed by atoms with Crippen molar-refractivity contribution in [2.45, 2.75) is 12.5 Å². The van der Waals surface area contributed by atoms with Crippen molar-refractivity contribution in [3.05, 3.63) is 62.6 Å². The van der Waals surface area contributed by atoms with Gasteiger partial charge in [-0.3, -0.25) is 0 Å². The Balaban J connectivity index is 2.28. The molecule has 0 aromatic heterocycles. The fourth-order valence-electron chi connectivity index (χ4n) is 1.98. The monoisotopic (exact) mass is 330 g/mol. The molecule has 5 heteroatoms. The van der Waals surface area contributed by atoms with E-state index in [1.165, 1.54) is 7.11 Å². The number of hydrogen-bond acceptors (Lipinski definition) is 2. The minimum Gasteiger partial charge on any atom is -0.496 e. The molecule has 0 radical (unpaired) electrons. The number of aliphatic hydroxyl groups is 1. The summed E-state index contributed by atoms with van der Waals surface area (Å²) < 4.78 is 5.24. The molecule has 0 bridgehead atoms. The Morgan fingerprint density at radius 3 is 2.60 bits per heavy atom. The highest BCUT2D eigenvalue weighted by atomic mass is 35.5. The molecule has 20 heavy (non-hydrogen) atoms.